The van der Waals surface area contributed by atoms with E-state index in [-0.39, 0.29) is 23.0 Å². The number of rotatable bonds is 2. The number of hydrogen-bond donors (Lipinski definition) is 2. The van der Waals surface area contributed by atoms with E-state index in [4.69, 9.17) is 4.74 Å². The van der Waals surface area contributed by atoms with E-state index < -0.39 is 5.60 Å². The molecule has 8 atom stereocenters. The second-order valence-electron chi connectivity index (χ2n) is 14.5. The highest BCUT2D eigenvalue weighted by molar-refractivity contribution is 5.38. The maximum atomic E-state index is 10.8. The Labute approximate surface area is 202 Å². The van der Waals surface area contributed by atoms with Crippen molar-refractivity contribution in [3.8, 4) is 0 Å². The number of aliphatic hydroxyl groups excluding tert-OH is 1. The van der Waals surface area contributed by atoms with Crippen molar-refractivity contribution in [3.63, 3.8) is 0 Å². The maximum Gasteiger partial charge on any atom is 0.0856 e. The lowest BCUT2D eigenvalue weighted by atomic mass is 9.43. The summed E-state index contributed by atoms with van der Waals surface area (Å²) in [5.74, 6) is 1.96. The van der Waals surface area contributed by atoms with Crippen molar-refractivity contribution in [2.75, 3.05) is 6.61 Å². The summed E-state index contributed by atoms with van der Waals surface area (Å²) in [6.07, 6.45) is 11.8. The van der Waals surface area contributed by atoms with Gasteiger partial charge in [-0.2, -0.15) is 0 Å². The molecule has 0 spiro atoms. The molecule has 0 aromatic rings. The minimum Gasteiger partial charge on any atom is -0.393 e. The Morgan fingerprint density at radius 2 is 1.58 bits per heavy atom. The van der Waals surface area contributed by atoms with E-state index in [0.29, 0.717) is 22.7 Å². The van der Waals surface area contributed by atoms with Crippen LogP contribution in [0, 0.1) is 39.4 Å². The zero-order valence-corrected chi connectivity index (χ0v) is 22.5. The first kappa shape index (κ1) is 24.3. The molecule has 0 aromatic heterocycles. The third-order valence-electron chi connectivity index (χ3n) is 12.5. The number of ether oxygens (including phenoxy) is 1. The van der Waals surface area contributed by atoms with Crippen LogP contribution in [0.1, 0.15) is 113 Å². The monoisotopic (exact) mass is 458 g/mol. The van der Waals surface area contributed by atoms with Gasteiger partial charge in [0.25, 0.3) is 0 Å². The smallest absolute Gasteiger partial charge is 0.0856 e. The lowest BCUT2D eigenvalue weighted by molar-refractivity contribution is -0.137. The minimum absolute atomic E-state index is 0.0157. The summed E-state index contributed by atoms with van der Waals surface area (Å²) in [4.78, 5) is 0. The molecule has 0 aromatic carbocycles. The fraction of sp³-hybridized carbons (Fsp3) is 0.933. The lowest BCUT2D eigenvalue weighted by Crippen LogP contribution is -2.55. The maximum absolute atomic E-state index is 10.8. The average molecular weight is 459 g/mol. The molecule has 0 radical (unpaired) electrons. The molecule has 2 saturated carbocycles. The number of aliphatic hydroxyl groups is 2. The molecule has 2 N–H and O–H groups in total. The summed E-state index contributed by atoms with van der Waals surface area (Å²) in [5, 5.41) is 21.3. The summed E-state index contributed by atoms with van der Waals surface area (Å²) in [7, 11) is 0. The molecule has 0 bridgehead atoms. The Kier molecular flexibility index (Phi) is 5.57. The van der Waals surface area contributed by atoms with E-state index in [9.17, 15) is 10.2 Å². The molecule has 3 nitrogen and oxygen atoms in total. The predicted octanol–water partition coefficient (Wildman–Crippen LogP) is 6.66. The van der Waals surface area contributed by atoms with Crippen LogP contribution in [-0.4, -0.2) is 34.6 Å². The van der Waals surface area contributed by atoms with Crippen LogP contribution in [0.4, 0.5) is 0 Å². The second kappa shape index (κ2) is 7.56. The predicted molar refractivity (Wildman–Crippen MR) is 134 cm³/mol. The second-order valence-corrected chi connectivity index (χ2v) is 14.5. The molecule has 1 aliphatic heterocycles. The largest absolute Gasteiger partial charge is 0.393 e. The fourth-order valence-electron chi connectivity index (χ4n) is 10.1. The van der Waals surface area contributed by atoms with Gasteiger partial charge in [0.2, 0.25) is 0 Å². The highest BCUT2D eigenvalue weighted by Crippen LogP contribution is 2.72. The van der Waals surface area contributed by atoms with Crippen molar-refractivity contribution in [1.82, 2.24) is 0 Å². The van der Waals surface area contributed by atoms with Crippen LogP contribution in [0.15, 0.2) is 11.1 Å². The van der Waals surface area contributed by atoms with Gasteiger partial charge in [0.05, 0.1) is 24.4 Å². The highest BCUT2D eigenvalue weighted by atomic mass is 16.5. The zero-order valence-electron chi connectivity index (χ0n) is 22.5. The molecule has 5 aliphatic rings. The van der Waals surface area contributed by atoms with Crippen molar-refractivity contribution in [1.29, 1.82) is 0 Å². The van der Waals surface area contributed by atoms with E-state index >= 15 is 0 Å². The number of fused-ring (bicyclic) bond motifs is 4. The quantitative estimate of drug-likeness (QED) is 0.455. The van der Waals surface area contributed by atoms with Gasteiger partial charge in [-0.15, -0.1) is 0 Å². The first-order chi connectivity index (χ1) is 15.2. The van der Waals surface area contributed by atoms with Crippen LogP contribution in [-0.2, 0) is 4.74 Å². The van der Waals surface area contributed by atoms with Crippen LogP contribution >= 0.6 is 0 Å². The molecule has 3 heteroatoms. The molecule has 1 saturated heterocycles. The molecular formula is C30H50O3. The fourth-order valence-corrected chi connectivity index (χ4v) is 10.1. The van der Waals surface area contributed by atoms with E-state index in [1.54, 1.807) is 5.57 Å². The summed E-state index contributed by atoms with van der Waals surface area (Å²) >= 11 is 0. The van der Waals surface area contributed by atoms with Gasteiger partial charge < -0.3 is 14.9 Å². The first-order valence-corrected chi connectivity index (χ1v) is 14.0. The Hall–Kier alpha value is -0.380. The molecule has 1 heterocycles. The molecule has 0 unspecified atom stereocenters. The van der Waals surface area contributed by atoms with Crippen LogP contribution in [0.2, 0.25) is 0 Å². The van der Waals surface area contributed by atoms with Crippen molar-refractivity contribution in [2.45, 2.75) is 130 Å². The van der Waals surface area contributed by atoms with Crippen LogP contribution in [0.25, 0.3) is 0 Å². The molecular weight excluding hydrogens is 408 g/mol. The molecule has 33 heavy (non-hydrogen) atoms. The summed E-state index contributed by atoms with van der Waals surface area (Å²) in [5.41, 5.74) is 3.85. The SMILES string of the molecule is CC(C)(O)[C@H]1CC[C@H]([C@H]2CC[C@@]3(C)C4=C(CC[C@]23C)[C@@]2(C)CC[C@H](O)C(C)(C)[C@@H]2CC4)CO1. The summed E-state index contributed by atoms with van der Waals surface area (Å²) < 4.78 is 6.27. The molecule has 0 amide bonds. The number of hydrogen-bond acceptors (Lipinski definition) is 3. The Morgan fingerprint density at radius 3 is 2.21 bits per heavy atom. The third-order valence-corrected chi connectivity index (χ3v) is 12.5. The Balaban J connectivity index is 1.43. The van der Waals surface area contributed by atoms with Crippen molar-refractivity contribution in [2.24, 2.45) is 39.4 Å². The average Bonchev–Trinajstić information content (AvgIpc) is 3.02. The minimum atomic E-state index is -0.737. The molecule has 3 fully saturated rings. The van der Waals surface area contributed by atoms with Gasteiger partial charge in [0, 0.05) is 0 Å². The molecule has 5 rings (SSSR count). The van der Waals surface area contributed by atoms with Gasteiger partial charge in [-0.05, 0) is 117 Å². The Morgan fingerprint density at radius 1 is 0.848 bits per heavy atom. The van der Waals surface area contributed by atoms with Crippen LogP contribution < -0.4 is 0 Å². The van der Waals surface area contributed by atoms with Gasteiger partial charge in [-0.3, -0.25) is 0 Å². The van der Waals surface area contributed by atoms with Gasteiger partial charge in [-0.25, -0.2) is 0 Å². The van der Waals surface area contributed by atoms with Crippen LogP contribution in [0.5, 0.6) is 0 Å². The summed E-state index contributed by atoms with van der Waals surface area (Å²) in [6, 6.07) is 0. The number of allylic oxidation sites excluding steroid dienone is 2. The van der Waals surface area contributed by atoms with E-state index in [1.807, 2.05) is 19.4 Å². The van der Waals surface area contributed by atoms with E-state index in [0.717, 1.165) is 31.8 Å². The molecule has 188 valence electrons. The van der Waals surface area contributed by atoms with Gasteiger partial charge in [-0.1, -0.05) is 45.8 Å². The van der Waals surface area contributed by atoms with Crippen molar-refractivity contribution < 1.29 is 14.9 Å². The molecule has 4 aliphatic carbocycles. The highest BCUT2D eigenvalue weighted by Gasteiger charge is 2.63. The van der Waals surface area contributed by atoms with Crippen LogP contribution in [0.3, 0.4) is 0 Å². The standard InChI is InChI=1S/C30H50O3/c1-26(2)23-10-9-22-21(28(23,5)15-14-24(26)31)13-17-29(6)20(12-16-30(22,29)7)19-8-11-25(33-18-19)27(3,4)32/h19-20,23-25,31-32H,8-18H2,1-7H3/t19-,20+,23-,24-,25+,28+,29+,30-/m0/s1. The van der Waals surface area contributed by atoms with Gasteiger partial charge in [0.1, 0.15) is 0 Å². The lowest BCUT2D eigenvalue weighted by Gasteiger charge is -2.62. The van der Waals surface area contributed by atoms with Gasteiger partial charge >= 0.3 is 0 Å². The normalized spacial score (nSPS) is 49.9. The van der Waals surface area contributed by atoms with Crippen molar-refractivity contribution in [3.05, 3.63) is 11.1 Å². The van der Waals surface area contributed by atoms with E-state index in [1.165, 1.54) is 44.9 Å². The topological polar surface area (TPSA) is 49.7 Å². The van der Waals surface area contributed by atoms with Gasteiger partial charge in [0.15, 0.2) is 0 Å². The first-order valence-electron chi connectivity index (χ1n) is 14.0. The van der Waals surface area contributed by atoms with Crippen molar-refractivity contribution >= 4 is 0 Å². The van der Waals surface area contributed by atoms with E-state index in [2.05, 4.69) is 34.6 Å². The summed E-state index contributed by atoms with van der Waals surface area (Å²) in [6.45, 7) is 17.1. The zero-order chi connectivity index (χ0) is 24.0. The Bertz CT molecular complexity index is 813. The third kappa shape index (κ3) is 3.30.